The number of nitro benzene ring substituents is 1. The smallest absolute Gasteiger partial charge is 0.411 e. The third-order valence-electron chi connectivity index (χ3n) is 2.64. The molecule has 0 radical (unpaired) electrons. The lowest BCUT2D eigenvalue weighted by Gasteiger charge is -2.08. The van der Waals surface area contributed by atoms with Crippen LogP contribution in [0.5, 0.6) is 0 Å². The number of hydrogen-bond donors (Lipinski definition) is 2. The SMILES string of the molecule is CCOC(=O)Nc1cc2c(cc1[N+](=O)[O-])NCC2. The number of nitro groups is 1. The standard InChI is InChI=1S/C11H13N3O4/c1-2-18-11(15)13-9-5-7-3-4-12-8(7)6-10(9)14(16)17/h5-6,12H,2-4H2,1H3,(H,13,15). The van der Waals surface area contributed by atoms with Gasteiger partial charge in [0.1, 0.15) is 5.69 Å². The Kier molecular flexibility index (Phi) is 3.31. The second kappa shape index (κ2) is 4.91. The number of nitrogens with zero attached hydrogens (tertiary/aromatic N) is 1. The van der Waals surface area contributed by atoms with Crippen molar-refractivity contribution in [2.24, 2.45) is 0 Å². The molecule has 18 heavy (non-hydrogen) atoms. The van der Waals surface area contributed by atoms with Gasteiger partial charge in [0, 0.05) is 18.3 Å². The average Bonchev–Trinajstić information content (AvgIpc) is 2.74. The predicted octanol–water partition coefficient (Wildman–Crippen LogP) is 2.13. The molecule has 2 rings (SSSR count). The van der Waals surface area contributed by atoms with E-state index in [0.29, 0.717) is 0 Å². The summed E-state index contributed by atoms with van der Waals surface area (Å²) < 4.78 is 4.71. The van der Waals surface area contributed by atoms with Gasteiger partial charge in [-0.25, -0.2) is 4.79 Å². The predicted molar refractivity (Wildman–Crippen MR) is 65.9 cm³/mol. The number of ether oxygens (including phenoxy) is 1. The first-order valence-electron chi connectivity index (χ1n) is 5.60. The van der Waals surface area contributed by atoms with E-state index < -0.39 is 11.0 Å². The van der Waals surface area contributed by atoms with E-state index in [2.05, 4.69) is 10.6 Å². The summed E-state index contributed by atoms with van der Waals surface area (Å²) in [6.45, 7) is 2.63. The number of carbonyl (C=O) groups is 1. The summed E-state index contributed by atoms with van der Waals surface area (Å²) in [5.74, 6) is 0. The largest absolute Gasteiger partial charge is 0.450 e. The monoisotopic (exact) mass is 251 g/mol. The molecule has 0 unspecified atom stereocenters. The highest BCUT2D eigenvalue weighted by atomic mass is 16.6. The van der Waals surface area contributed by atoms with Gasteiger partial charge in [-0.1, -0.05) is 0 Å². The van der Waals surface area contributed by atoms with Crippen molar-refractivity contribution in [3.63, 3.8) is 0 Å². The number of rotatable bonds is 3. The highest BCUT2D eigenvalue weighted by Gasteiger charge is 2.22. The maximum absolute atomic E-state index is 11.3. The molecule has 0 aromatic heterocycles. The lowest BCUT2D eigenvalue weighted by atomic mass is 10.1. The molecule has 2 N–H and O–H groups in total. The second-order valence-electron chi connectivity index (χ2n) is 3.81. The molecule has 1 amide bonds. The van der Waals surface area contributed by atoms with Crippen LogP contribution in [0.1, 0.15) is 12.5 Å². The summed E-state index contributed by atoms with van der Waals surface area (Å²) in [5, 5.41) is 16.4. The summed E-state index contributed by atoms with van der Waals surface area (Å²) in [5.41, 5.74) is 1.72. The van der Waals surface area contributed by atoms with E-state index in [1.54, 1.807) is 13.0 Å². The molecule has 0 saturated heterocycles. The van der Waals surface area contributed by atoms with Crippen LogP contribution in [-0.2, 0) is 11.2 Å². The molecule has 7 heteroatoms. The molecule has 0 fully saturated rings. The van der Waals surface area contributed by atoms with Gasteiger partial charge in [0.25, 0.3) is 5.69 Å². The van der Waals surface area contributed by atoms with Crippen molar-refractivity contribution in [1.82, 2.24) is 0 Å². The summed E-state index contributed by atoms with van der Waals surface area (Å²) >= 11 is 0. The molecule has 0 aliphatic carbocycles. The first-order chi connectivity index (χ1) is 8.61. The fourth-order valence-corrected chi connectivity index (χ4v) is 1.86. The molecule has 1 heterocycles. The molecule has 0 saturated carbocycles. The first kappa shape index (κ1) is 12.2. The molecule has 96 valence electrons. The summed E-state index contributed by atoms with van der Waals surface area (Å²) in [4.78, 5) is 21.7. The first-order valence-corrected chi connectivity index (χ1v) is 5.60. The van der Waals surface area contributed by atoms with Crippen LogP contribution in [-0.4, -0.2) is 24.2 Å². The zero-order valence-electron chi connectivity index (χ0n) is 9.86. The van der Waals surface area contributed by atoms with Gasteiger partial charge in [0.2, 0.25) is 0 Å². The minimum atomic E-state index is -0.688. The van der Waals surface area contributed by atoms with Crippen molar-refractivity contribution in [2.75, 3.05) is 23.8 Å². The molecule has 0 spiro atoms. The maximum Gasteiger partial charge on any atom is 0.411 e. The third-order valence-corrected chi connectivity index (χ3v) is 2.64. The number of hydrogen-bond acceptors (Lipinski definition) is 5. The Morgan fingerprint density at radius 2 is 2.39 bits per heavy atom. The second-order valence-corrected chi connectivity index (χ2v) is 3.81. The Hall–Kier alpha value is -2.31. The van der Waals surface area contributed by atoms with E-state index in [-0.39, 0.29) is 18.0 Å². The number of benzene rings is 1. The molecular formula is C11H13N3O4. The van der Waals surface area contributed by atoms with Crippen molar-refractivity contribution in [1.29, 1.82) is 0 Å². The van der Waals surface area contributed by atoms with Gasteiger partial charge in [0.05, 0.1) is 11.5 Å². The van der Waals surface area contributed by atoms with E-state index in [1.165, 1.54) is 6.07 Å². The Morgan fingerprint density at radius 3 is 3.06 bits per heavy atom. The Balaban J connectivity index is 2.32. The zero-order chi connectivity index (χ0) is 13.1. The van der Waals surface area contributed by atoms with Crippen LogP contribution in [0.4, 0.5) is 21.9 Å². The number of fused-ring (bicyclic) bond motifs is 1. The quantitative estimate of drug-likeness (QED) is 0.634. The van der Waals surface area contributed by atoms with Gasteiger partial charge < -0.3 is 10.1 Å². The van der Waals surface area contributed by atoms with Crippen molar-refractivity contribution in [3.05, 3.63) is 27.8 Å². The van der Waals surface area contributed by atoms with E-state index in [4.69, 9.17) is 4.74 Å². The summed E-state index contributed by atoms with van der Waals surface area (Å²) in [7, 11) is 0. The lowest BCUT2D eigenvalue weighted by Crippen LogP contribution is -2.14. The van der Waals surface area contributed by atoms with Gasteiger partial charge in [-0.3, -0.25) is 15.4 Å². The topological polar surface area (TPSA) is 93.5 Å². The normalized spacial score (nSPS) is 12.5. The van der Waals surface area contributed by atoms with Crippen LogP contribution in [0.25, 0.3) is 0 Å². The van der Waals surface area contributed by atoms with Crippen LogP contribution in [0.2, 0.25) is 0 Å². The van der Waals surface area contributed by atoms with E-state index >= 15 is 0 Å². The van der Waals surface area contributed by atoms with E-state index in [9.17, 15) is 14.9 Å². The fraction of sp³-hybridized carbons (Fsp3) is 0.364. The van der Waals surface area contributed by atoms with Crippen LogP contribution in [0, 0.1) is 10.1 Å². The molecule has 7 nitrogen and oxygen atoms in total. The summed E-state index contributed by atoms with van der Waals surface area (Å²) in [6, 6.07) is 3.05. The van der Waals surface area contributed by atoms with E-state index in [0.717, 1.165) is 24.2 Å². The van der Waals surface area contributed by atoms with Crippen LogP contribution < -0.4 is 10.6 Å². The van der Waals surface area contributed by atoms with Crippen molar-refractivity contribution < 1.29 is 14.5 Å². The molecule has 1 aliphatic heterocycles. The van der Waals surface area contributed by atoms with Crippen LogP contribution in [0.15, 0.2) is 12.1 Å². The molecule has 0 bridgehead atoms. The van der Waals surface area contributed by atoms with Crippen LogP contribution >= 0.6 is 0 Å². The molecular weight excluding hydrogens is 238 g/mol. The van der Waals surface area contributed by atoms with Crippen molar-refractivity contribution in [2.45, 2.75) is 13.3 Å². The van der Waals surface area contributed by atoms with Crippen LogP contribution in [0.3, 0.4) is 0 Å². The highest BCUT2D eigenvalue weighted by molar-refractivity contribution is 5.89. The fourth-order valence-electron chi connectivity index (χ4n) is 1.86. The van der Waals surface area contributed by atoms with Gasteiger partial charge in [-0.15, -0.1) is 0 Å². The number of amides is 1. The number of nitrogens with one attached hydrogen (secondary N) is 2. The van der Waals surface area contributed by atoms with E-state index in [1.807, 2.05) is 0 Å². The Bertz CT molecular complexity index is 501. The van der Waals surface area contributed by atoms with Crippen molar-refractivity contribution in [3.8, 4) is 0 Å². The Labute approximate surface area is 103 Å². The molecule has 1 aliphatic rings. The minimum absolute atomic E-state index is 0.142. The van der Waals surface area contributed by atoms with Gasteiger partial charge >= 0.3 is 6.09 Å². The lowest BCUT2D eigenvalue weighted by molar-refractivity contribution is -0.383. The maximum atomic E-state index is 11.3. The number of carbonyl (C=O) groups excluding carboxylic acids is 1. The third kappa shape index (κ3) is 2.34. The minimum Gasteiger partial charge on any atom is -0.450 e. The van der Waals surface area contributed by atoms with Gasteiger partial charge in [0.15, 0.2) is 0 Å². The van der Waals surface area contributed by atoms with Gasteiger partial charge in [-0.05, 0) is 25.0 Å². The van der Waals surface area contributed by atoms with Crippen molar-refractivity contribution >= 4 is 23.2 Å². The summed E-state index contributed by atoms with van der Waals surface area (Å²) in [6.07, 6.45) is 0.0942. The Morgan fingerprint density at radius 1 is 1.61 bits per heavy atom. The highest BCUT2D eigenvalue weighted by Crippen LogP contribution is 2.34. The molecule has 1 aromatic carbocycles. The average molecular weight is 251 g/mol. The molecule has 0 atom stereocenters. The van der Waals surface area contributed by atoms with Gasteiger partial charge in [-0.2, -0.15) is 0 Å². The zero-order valence-corrected chi connectivity index (χ0v) is 9.86. The number of anilines is 2. The molecule has 1 aromatic rings.